The third-order valence-corrected chi connectivity index (χ3v) is 7.49. The predicted molar refractivity (Wildman–Crippen MR) is 138 cm³/mol. The summed E-state index contributed by atoms with van der Waals surface area (Å²) < 4.78 is 33.2. The second kappa shape index (κ2) is 14.5. The Morgan fingerprint density at radius 3 is 2.26 bits per heavy atom. The van der Waals surface area contributed by atoms with Crippen LogP contribution in [0, 0.1) is 13.8 Å². The van der Waals surface area contributed by atoms with Gasteiger partial charge in [0.2, 0.25) is 7.37 Å². The molecule has 208 valence electrons. The summed E-state index contributed by atoms with van der Waals surface area (Å²) >= 11 is 0. The van der Waals surface area contributed by atoms with E-state index in [1.165, 1.54) is 12.1 Å². The fourth-order valence-electron chi connectivity index (χ4n) is 3.66. The summed E-state index contributed by atoms with van der Waals surface area (Å²) in [5, 5.41) is 13.1. The average molecular weight is 552 g/mol. The molecule has 0 heterocycles. The Balaban J connectivity index is 2.04. The summed E-state index contributed by atoms with van der Waals surface area (Å²) in [4.78, 5) is 46.6. The van der Waals surface area contributed by atoms with Crippen LogP contribution < -0.4 is 10.1 Å². The minimum Gasteiger partial charge on any atom is -0.481 e. The van der Waals surface area contributed by atoms with Gasteiger partial charge in [-0.05, 0) is 61.6 Å². The molecule has 11 nitrogen and oxygen atoms in total. The Morgan fingerprint density at radius 1 is 1.05 bits per heavy atom. The summed E-state index contributed by atoms with van der Waals surface area (Å²) in [5.74, 6) is -2.73. The van der Waals surface area contributed by atoms with E-state index < -0.39 is 43.4 Å². The minimum atomic E-state index is -4.27. The number of alkyl carbamates (subject to hydrolysis) is 1. The topological polar surface area (TPSA) is 158 Å². The van der Waals surface area contributed by atoms with Crippen molar-refractivity contribution in [2.24, 2.45) is 0 Å². The van der Waals surface area contributed by atoms with Crippen LogP contribution in [-0.2, 0) is 35.0 Å². The van der Waals surface area contributed by atoms with E-state index in [9.17, 15) is 28.9 Å². The normalized spacial score (nSPS) is 13.9. The number of aryl methyl sites for hydroxylation is 2. The molecule has 0 radical (unpaired) electrons. The number of rotatable bonds is 13. The van der Waals surface area contributed by atoms with Gasteiger partial charge >= 0.3 is 18.0 Å². The number of aliphatic hydroxyl groups excluding tert-OH is 1. The van der Waals surface area contributed by atoms with Gasteiger partial charge in [-0.15, -0.1) is 0 Å². The zero-order valence-electron chi connectivity index (χ0n) is 21.8. The van der Waals surface area contributed by atoms with Gasteiger partial charge in [0.15, 0.2) is 12.5 Å². The number of methoxy groups -OCH3 is 1. The molecule has 0 aliphatic rings. The van der Waals surface area contributed by atoms with Gasteiger partial charge in [-0.1, -0.05) is 30.3 Å². The van der Waals surface area contributed by atoms with E-state index in [2.05, 4.69) is 5.32 Å². The lowest BCUT2D eigenvalue weighted by Crippen LogP contribution is -2.42. The fraction of sp³-hybridized carbons (Fsp3) is 0.423. The molecule has 12 heteroatoms. The van der Waals surface area contributed by atoms with Crippen molar-refractivity contribution in [3.63, 3.8) is 0 Å². The van der Waals surface area contributed by atoms with E-state index >= 15 is 0 Å². The van der Waals surface area contributed by atoms with Crippen LogP contribution in [0.5, 0.6) is 5.75 Å². The number of ether oxygens (including phenoxy) is 4. The van der Waals surface area contributed by atoms with Crippen LogP contribution in [0.1, 0.15) is 41.4 Å². The first-order chi connectivity index (χ1) is 18.0. The van der Waals surface area contributed by atoms with Crippen LogP contribution in [0.4, 0.5) is 4.79 Å². The number of nitrogens with one attached hydrogen (secondary N) is 1. The molecule has 0 aliphatic heterocycles. The lowest BCUT2D eigenvalue weighted by molar-refractivity contribution is -0.145. The van der Waals surface area contributed by atoms with Crippen LogP contribution in [0.2, 0.25) is 0 Å². The smallest absolute Gasteiger partial charge is 0.408 e. The van der Waals surface area contributed by atoms with E-state index in [-0.39, 0.29) is 31.8 Å². The Kier molecular flexibility index (Phi) is 11.8. The molecule has 2 unspecified atom stereocenters. The lowest BCUT2D eigenvalue weighted by atomic mass is 10.1. The van der Waals surface area contributed by atoms with Crippen molar-refractivity contribution in [2.45, 2.75) is 45.7 Å². The van der Waals surface area contributed by atoms with Crippen LogP contribution in [0.3, 0.4) is 0 Å². The number of hydrogen-bond donors (Lipinski definition) is 3. The van der Waals surface area contributed by atoms with E-state index in [1.54, 1.807) is 45.0 Å². The molecule has 1 amide bonds. The highest BCUT2D eigenvalue weighted by Gasteiger charge is 2.34. The average Bonchev–Trinajstić information content (AvgIpc) is 2.89. The molecule has 0 aromatic heterocycles. The quantitative estimate of drug-likeness (QED) is 0.191. The maximum atomic E-state index is 13.0. The van der Waals surface area contributed by atoms with Gasteiger partial charge in [0.05, 0.1) is 13.7 Å². The van der Waals surface area contributed by atoms with Crippen molar-refractivity contribution in [2.75, 3.05) is 26.5 Å². The highest BCUT2D eigenvalue weighted by molar-refractivity contribution is 7.58. The van der Waals surface area contributed by atoms with Gasteiger partial charge in [-0.25, -0.2) is 14.4 Å². The number of amides is 1. The number of hydrogen-bond acceptors (Lipinski definition) is 9. The number of aliphatic hydroxyl groups is 1. The Morgan fingerprint density at radius 2 is 1.68 bits per heavy atom. The molecule has 0 saturated carbocycles. The maximum absolute atomic E-state index is 13.0. The van der Waals surface area contributed by atoms with Crippen molar-refractivity contribution < 1.29 is 47.9 Å². The standard InChI is InChI=1S/C26H34NO10P/c1-5-35-22(28)16-36-23-17(2)13-20(14-18(23)3)25(30)38(32,33)12-11-21(24(29)34-4)27-26(31)37-15-19-9-7-6-8-10-19/h6-10,13-14,21,25,30H,5,11-12,15-16H2,1-4H3,(H,27,31)(H,32,33)/t21-,25?/m0/s1. The zero-order chi connectivity index (χ0) is 28.3. The summed E-state index contributed by atoms with van der Waals surface area (Å²) in [5.41, 5.74) is 1.99. The zero-order valence-corrected chi connectivity index (χ0v) is 22.7. The molecule has 3 N–H and O–H groups in total. The molecule has 38 heavy (non-hydrogen) atoms. The number of carbonyl (C=O) groups excluding carboxylic acids is 3. The SMILES string of the molecule is CCOC(=O)COc1c(C)cc(C(O)P(=O)(O)CC[C@H](NC(=O)OCc2ccccc2)C(=O)OC)cc1C. The van der Waals surface area contributed by atoms with E-state index in [4.69, 9.17) is 18.9 Å². The van der Waals surface area contributed by atoms with Crippen molar-refractivity contribution >= 4 is 25.4 Å². The summed E-state index contributed by atoms with van der Waals surface area (Å²) in [6.45, 7) is 4.91. The van der Waals surface area contributed by atoms with Crippen LogP contribution in [-0.4, -0.2) is 60.6 Å². The van der Waals surface area contributed by atoms with Crippen molar-refractivity contribution in [1.29, 1.82) is 0 Å². The molecule has 2 aromatic rings. The minimum absolute atomic E-state index is 0.0318. The van der Waals surface area contributed by atoms with Crippen molar-refractivity contribution in [1.82, 2.24) is 5.32 Å². The van der Waals surface area contributed by atoms with Crippen LogP contribution >= 0.6 is 7.37 Å². The highest BCUT2D eigenvalue weighted by atomic mass is 31.2. The third kappa shape index (κ3) is 9.16. The maximum Gasteiger partial charge on any atom is 0.408 e. The van der Waals surface area contributed by atoms with Gasteiger partial charge in [0.1, 0.15) is 18.4 Å². The van der Waals surface area contributed by atoms with Crippen molar-refractivity contribution in [3.05, 3.63) is 64.7 Å². The molecular formula is C26H34NO10P. The lowest BCUT2D eigenvalue weighted by Gasteiger charge is -2.23. The number of carbonyl (C=O) groups is 3. The van der Waals surface area contributed by atoms with Gasteiger partial charge in [-0.3, -0.25) is 4.57 Å². The first-order valence-electron chi connectivity index (χ1n) is 11.9. The molecule has 0 aliphatic carbocycles. The Bertz CT molecular complexity index is 1130. The van der Waals surface area contributed by atoms with Gasteiger partial charge < -0.3 is 34.3 Å². The van der Waals surface area contributed by atoms with Gasteiger partial charge in [0, 0.05) is 6.16 Å². The largest absolute Gasteiger partial charge is 0.481 e. The van der Waals surface area contributed by atoms with Gasteiger partial charge in [-0.2, -0.15) is 0 Å². The summed E-state index contributed by atoms with van der Waals surface area (Å²) in [7, 11) is -3.15. The molecule has 0 bridgehead atoms. The predicted octanol–water partition coefficient (Wildman–Crippen LogP) is 3.36. The monoisotopic (exact) mass is 551 g/mol. The molecule has 0 fully saturated rings. The summed E-state index contributed by atoms with van der Waals surface area (Å²) in [6, 6.07) is 10.6. The Labute approximate surface area is 221 Å². The summed E-state index contributed by atoms with van der Waals surface area (Å²) in [6.07, 6.45) is -1.68. The first-order valence-corrected chi connectivity index (χ1v) is 13.8. The van der Waals surface area contributed by atoms with Gasteiger partial charge in [0.25, 0.3) is 0 Å². The molecular weight excluding hydrogens is 517 g/mol. The van der Waals surface area contributed by atoms with Crippen LogP contribution in [0.25, 0.3) is 0 Å². The molecule has 2 aromatic carbocycles. The fourth-order valence-corrected chi connectivity index (χ4v) is 5.15. The van der Waals surface area contributed by atoms with Crippen LogP contribution in [0.15, 0.2) is 42.5 Å². The molecule has 2 rings (SSSR count). The molecule has 0 spiro atoms. The highest BCUT2D eigenvalue weighted by Crippen LogP contribution is 2.55. The molecule has 0 saturated heterocycles. The van der Waals surface area contributed by atoms with E-state index in [0.717, 1.165) is 12.7 Å². The van der Waals surface area contributed by atoms with E-state index in [0.29, 0.717) is 16.9 Å². The number of esters is 2. The third-order valence-electron chi connectivity index (χ3n) is 5.53. The van der Waals surface area contributed by atoms with Crippen molar-refractivity contribution in [3.8, 4) is 5.75 Å². The Hall–Kier alpha value is -3.40. The first kappa shape index (κ1) is 30.8. The molecule has 3 atom stereocenters. The van der Waals surface area contributed by atoms with E-state index in [1.807, 2.05) is 6.07 Å². The number of benzene rings is 2. The second-order valence-electron chi connectivity index (χ2n) is 8.50. The second-order valence-corrected chi connectivity index (χ2v) is 10.9.